The Hall–Kier alpha value is -1.14. The molecule has 0 N–H and O–H groups in total. The van der Waals surface area contributed by atoms with E-state index in [4.69, 9.17) is 13.9 Å². The van der Waals surface area contributed by atoms with Gasteiger partial charge in [0.2, 0.25) is 5.89 Å². The van der Waals surface area contributed by atoms with Crippen LogP contribution in [0.3, 0.4) is 0 Å². The molecule has 1 aliphatic carbocycles. The lowest BCUT2D eigenvalue weighted by Crippen LogP contribution is -2.56. The van der Waals surface area contributed by atoms with Crippen molar-refractivity contribution in [2.45, 2.75) is 62.6 Å². The molecule has 6 heteroatoms. The summed E-state index contributed by atoms with van der Waals surface area (Å²) in [7, 11) is 1.80. The average Bonchev–Trinajstić information content (AvgIpc) is 2.96. The summed E-state index contributed by atoms with van der Waals surface area (Å²) >= 11 is 0. The zero-order valence-corrected chi connectivity index (χ0v) is 13.3. The molecule has 3 heterocycles. The van der Waals surface area contributed by atoms with Gasteiger partial charge in [-0.3, -0.25) is 0 Å². The maximum Gasteiger partial charge on any atom is 0.318 e. The van der Waals surface area contributed by atoms with Crippen molar-refractivity contribution in [1.29, 1.82) is 0 Å². The molecule has 6 nitrogen and oxygen atoms in total. The van der Waals surface area contributed by atoms with Crippen molar-refractivity contribution in [3.05, 3.63) is 5.89 Å². The summed E-state index contributed by atoms with van der Waals surface area (Å²) in [4.78, 5) is 2.20. The summed E-state index contributed by atoms with van der Waals surface area (Å²) in [5, 5.41) is 8.49. The largest absolute Gasteiger partial charge is 0.408 e. The van der Waals surface area contributed by atoms with E-state index < -0.39 is 0 Å². The second kappa shape index (κ2) is 5.81. The van der Waals surface area contributed by atoms with Gasteiger partial charge in [-0.25, -0.2) is 0 Å². The van der Waals surface area contributed by atoms with Gasteiger partial charge in [-0.2, -0.15) is 0 Å². The van der Waals surface area contributed by atoms with Gasteiger partial charge >= 0.3 is 6.01 Å². The van der Waals surface area contributed by atoms with Gasteiger partial charge in [0.1, 0.15) is 0 Å². The molecule has 2 aliphatic heterocycles. The Kier molecular flexibility index (Phi) is 3.82. The third kappa shape index (κ3) is 2.42. The van der Waals surface area contributed by atoms with E-state index in [-0.39, 0.29) is 11.7 Å². The number of hydrogen-bond acceptors (Lipinski definition) is 6. The number of rotatable bonds is 3. The van der Waals surface area contributed by atoms with Crippen LogP contribution in [0.1, 0.15) is 56.8 Å². The first-order chi connectivity index (χ1) is 10.8. The molecular weight excluding hydrogens is 282 g/mol. The molecule has 1 saturated carbocycles. The van der Waals surface area contributed by atoms with Crippen LogP contribution in [-0.4, -0.2) is 48.7 Å². The van der Waals surface area contributed by atoms with E-state index in [1.54, 1.807) is 7.11 Å². The highest BCUT2D eigenvalue weighted by atomic mass is 16.5. The van der Waals surface area contributed by atoms with Gasteiger partial charge < -0.3 is 18.8 Å². The van der Waals surface area contributed by atoms with Gasteiger partial charge in [0, 0.05) is 32.7 Å². The van der Waals surface area contributed by atoms with Gasteiger partial charge in [-0.1, -0.05) is 11.5 Å². The van der Waals surface area contributed by atoms with E-state index in [1.807, 2.05) is 0 Å². The molecular formula is C16H25N3O3. The monoisotopic (exact) mass is 307 g/mol. The minimum absolute atomic E-state index is 0.111. The highest BCUT2D eigenvalue weighted by molar-refractivity contribution is 5.27. The Bertz CT molecular complexity index is 506. The smallest absolute Gasteiger partial charge is 0.318 e. The molecule has 1 aromatic rings. The van der Waals surface area contributed by atoms with Crippen molar-refractivity contribution >= 4 is 6.01 Å². The summed E-state index contributed by atoms with van der Waals surface area (Å²) in [6.45, 7) is 2.64. The van der Waals surface area contributed by atoms with Gasteiger partial charge in [0.25, 0.3) is 0 Å². The quantitative estimate of drug-likeness (QED) is 0.855. The Morgan fingerprint density at radius 2 is 1.95 bits per heavy atom. The summed E-state index contributed by atoms with van der Waals surface area (Å²) in [5.74, 6) is 1.32. The first-order valence-electron chi connectivity index (χ1n) is 8.56. The van der Waals surface area contributed by atoms with Crippen molar-refractivity contribution in [2.75, 3.05) is 31.7 Å². The van der Waals surface area contributed by atoms with E-state index in [1.165, 1.54) is 19.3 Å². The lowest BCUT2D eigenvalue weighted by atomic mass is 9.82. The van der Waals surface area contributed by atoms with Gasteiger partial charge in [-0.05, 0) is 38.5 Å². The van der Waals surface area contributed by atoms with Gasteiger partial charge in [0.15, 0.2) is 0 Å². The summed E-state index contributed by atoms with van der Waals surface area (Å²) in [5.41, 5.74) is -0.111. The Labute approximate surface area is 131 Å². The molecule has 1 unspecified atom stereocenters. The van der Waals surface area contributed by atoms with Crippen LogP contribution in [0.15, 0.2) is 4.42 Å². The summed E-state index contributed by atoms with van der Waals surface area (Å²) in [6, 6.07) is 0.682. The normalized spacial score (nSPS) is 28.8. The third-order valence-corrected chi connectivity index (χ3v) is 5.64. The zero-order valence-electron chi connectivity index (χ0n) is 13.3. The van der Waals surface area contributed by atoms with Gasteiger partial charge in [-0.15, -0.1) is 5.10 Å². The predicted molar refractivity (Wildman–Crippen MR) is 81.1 cm³/mol. The first kappa shape index (κ1) is 14.5. The lowest BCUT2D eigenvalue weighted by molar-refractivity contribution is -0.175. The first-order valence-corrected chi connectivity index (χ1v) is 8.56. The van der Waals surface area contributed by atoms with Crippen LogP contribution in [0.2, 0.25) is 0 Å². The summed E-state index contributed by atoms with van der Waals surface area (Å²) < 4.78 is 17.7. The molecule has 2 saturated heterocycles. The molecule has 0 bridgehead atoms. The molecule has 0 amide bonds. The van der Waals surface area contributed by atoms with Crippen LogP contribution in [0.4, 0.5) is 6.01 Å². The van der Waals surface area contributed by atoms with Crippen LogP contribution in [0.5, 0.6) is 0 Å². The van der Waals surface area contributed by atoms with E-state index >= 15 is 0 Å². The second-order valence-corrected chi connectivity index (χ2v) is 6.82. The molecule has 4 rings (SSSR count). The number of anilines is 1. The Morgan fingerprint density at radius 1 is 1.14 bits per heavy atom. The van der Waals surface area contributed by atoms with Crippen molar-refractivity contribution in [3.63, 3.8) is 0 Å². The number of nitrogens with zero attached hydrogens (tertiary/aromatic N) is 3. The fraction of sp³-hybridized carbons (Fsp3) is 0.875. The average molecular weight is 307 g/mol. The zero-order chi connectivity index (χ0) is 15.0. The van der Waals surface area contributed by atoms with E-state index in [2.05, 4.69) is 15.1 Å². The minimum Gasteiger partial charge on any atom is -0.408 e. The van der Waals surface area contributed by atoms with E-state index in [0.717, 1.165) is 51.3 Å². The maximum atomic E-state index is 6.15. The second-order valence-electron chi connectivity index (χ2n) is 6.82. The fourth-order valence-corrected chi connectivity index (χ4v) is 3.95. The van der Waals surface area contributed by atoms with Crippen molar-refractivity contribution in [2.24, 2.45) is 0 Å². The molecule has 1 atom stereocenters. The number of hydrogen-bond donors (Lipinski definition) is 0. The van der Waals surface area contributed by atoms with Crippen LogP contribution in [0.25, 0.3) is 0 Å². The topological polar surface area (TPSA) is 60.6 Å². The van der Waals surface area contributed by atoms with Crippen molar-refractivity contribution in [1.82, 2.24) is 10.2 Å². The molecule has 122 valence electrons. The molecule has 0 aromatic carbocycles. The molecule has 1 aromatic heterocycles. The number of methoxy groups -OCH3 is 1. The SMILES string of the molecule is COC1CCCOC12CCN(c1nnc(C3CCC3)o1)CC2. The summed E-state index contributed by atoms with van der Waals surface area (Å²) in [6.07, 6.45) is 8.00. The molecule has 1 spiro atoms. The molecule has 22 heavy (non-hydrogen) atoms. The minimum atomic E-state index is -0.111. The van der Waals surface area contributed by atoms with Crippen LogP contribution in [0, 0.1) is 0 Å². The molecule has 3 fully saturated rings. The van der Waals surface area contributed by atoms with Crippen molar-refractivity contribution < 1.29 is 13.9 Å². The van der Waals surface area contributed by atoms with Crippen molar-refractivity contribution in [3.8, 4) is 0 Å². The Balaban J connectivity index is 1.41. The van der Waals surface area contributed by atoms with Crippen LogP contribution < -0.4 is 4.90 Å². The number of piperidine rings is 1. The maximum absolute atomic E-state index is 6.15. The highest BCUT2D eigenvalue weighted by Crippen LogP contribution is 2.39. The van der Waals surface area contributed by atoms with Gasteiger partial charge in [0.05, 0.1) is 11.7 Å². The fourth-order valence-electron chi connectivity index (χ4n) is 3.95. The van der Waals surface area contributed by atoms with Crippen LogP contribution in [-0.2, 0) is 9.47 Å². The standard InChI is InChI=1S/C16H25N3O3/c1-20-13-6-3-11-21-16(13)7-9-19(10-8-16)15-18-17-14(22-15)12-4-2-5-12/h12-13H,2-11H2,1H3. The van der Waals surface area contributed by atoms with E-state index in [9.17, 15) is 0 Å². The molecule has 0 radical (unpaired) electrons. The van der Waals surface area contributed by atoms with Crippen LogP contribution >= 0.6 is 0 Å². The lowest BCUT2D eigenvalue weighted by Gasteiger charge is -2.47. The molecule has 3 aliphatic rings. The highest BCUT2D eigenvalue weighted by Gasteiger charge is 2.45. The number of ether oxygens (including phenoxy) is 2. The third-order valence-electron chi connectivity index (χ3n) is 5.64. The number of aromatic nitrogens is 2. The Morgan fingerprint density at radius 3 is 2.64 bits per heavy atom. The van der Waals surface area contributed by atoms with E-state index in [0.29, 0.717) is 11.9 Å². The predicted octanol–water partition coefficient (Wildman–Crippen LogP) is 2.50.